The lowest BCUT2D eigenvalue weighted by Gasteiger charge is -2.26. The SMILES string of the molecule is Cc1ccc(S(=O)(=O)N2CCOCC2)cc1C(=O)Nc1c(F)cccc1F. The number of hydrogen-bond donors (Lipinski definition) is 1. The molecule has 0 atom stereocenters. The minimum atomic E-state index is -3.80. The maximum absolute atomic E-state index is 13.8. The lowest BCUT2D eigenvalue weighted by Crippen LogP contribution is -2.40. The van der Waals surface area contributed by atoms with Gasteiger partial charge in [-0.1, -0.05) is 12.1 Å². The summed E-state index contributed by atoms with van der Waals surface area (Å²) in [4.78, 5) is 12.5. The highest BCUT2D eigenvalue weighted by molar-refractivity contribution is 7.89. The van der Waals surface area contributed by atoms with Crippen molar-refractivity contribution < 1.29 is 26.7 Å². The van der Waals surface area contributed by atoms with Crippen molar-refractivity contribution >= 4 is 21.6 Å². The Morgan fingerprint density at radius 2 is 1.74 bits per heavy atom. The zero-order valence-corrected chi connectivity index (χ0v) is 15.4. The number of carbonyl (C=O) groups excluding carboxylic acids is 1. The predicted molar refractivity (Wildman–Crippen MR) is 95.1 cm³/mol. The number of aryl methyl sites for hydroxylation is 1. The largest absolute Gasteiger partial charge is 0.379 e. The molecule has 9 heteroatoms. The van der Waals surface area contributed by atoms with Gasteiger partial charge in [-0.15, -0.1) is 0 Å². The standard InChI is InChI=1S/C18H18F2N2O4S/c1-12-5-6-13(27(24,25)22-7-9-26-10-8-22)11-14(12)18(23)21-17-15(19)3-2-4-16(17)20/h2-6,11H,7-10H2,1H3,(H,21,23). The summed E-state index contributed by atoms with van der Waals surface area (Å²) in [5.74, 6) is -2.63. The Morgan fingerprint density at radius 1 is 1.11 bits per heavy atom. The summed E-state index contributed by atoms with van der Waals surface area (Å²) in [6.45, 7) is 2.64. The van der Waals surface area contributed by atoms with E-state index in [9.17, 15) is 22.0 Å². The highest BCUT2D eigenvalue weighted by Crippen LogP contribution is 2.23. The second-order valence-corrected chi connectivity index (χ2v) is 7.98. The molecule has 0 aromatic heterocycles. The van der Waals surface area contributed by atoms with Crippen LogP contribution in [-0.4, -0.2) is 44.9 Å². The molecule has 1 fully saturated rings. The molecule has 1 heterocycles. The Hall–Kier alpha value is -2.36. The van der Waals surface area contributed by atoms with E-state index in [0.717, 1.165) is 12.1 Å². The van der Waals surface area contributed by atoms with E-state index in [2.05, 4.69) is 5.32 Å². The number of anilines is 1. The van der Waals surface area contributed by atoms with E-state index in [1.54, 1.807) is 6.92 Å². The van der Waals surface area contributed by atoms with Crippen LogP contribution in [-0.2, 0) is 14.8 Å². The molecule has 2 aromatic carbocycles. The fraction of sp³-hybridized carbons (Fsp3) is 0.278. The molecule has 27 heavy (non-hydrogen) atoms. The van der Waals surface area contributed by atoms with Crippen LogP contribution in [0.2, 0.25) is 0 Å². The Bertz CT molecular complexity index is 953. The molecule has 1 aliphatic rings. The Labute approximate surface area is 155 Å². The van der Waals surface area contributed by atoms with Crippen molar-refractivity contribution in [1.82, 2.24) is 4.31 Å². The van der Waals surface area contributed by atoms with E-state index in [4.69, 9.17) is 4.74 Å². The first-order valence-corrected chi connectivity index (χ1v) is 9.68. The van der Waals surface area contributed by atoms with Gasteiger partial charge in [0.15, 0.2) is 0 Å². The van der Waals surface area contributed by atoms with Crippen LogP contribution >= 0.6 is 0 Å². The monoisotopic (exact) mass is 396 g/mol. The highest BCUT2D eigenvalue weighted by atomic mass is 32.2. The fourth-order valence-electron chi connectivity index (χ4n) is 2.74. The first kappa shape index (κ1) is 19.4. The minimum Gasteiger partial charge on any atom is -0.379 e. The van der Waals surface area contributed by atoms with Crippen LogP contribution in [0.15, 0.2) is 41.3 Å². The number of hydrogen-bond acceptors (Lipinski definition) is 4. The van der Waals surface area contributed by atoms with Crippen molar-refractivity contribution in [1.29, 1.82) is 0 Å². The van der Waals surface area contributed by atoms with Crippen molar-refractivity contribution in [3.63, 3.8) is 0 Å². The summed E-state index contributed by atoms with van der Waals surface area (Å²) in [5, 5.41) is 2.18. The van der Waals surface area contributed by atoms with Gasteiger partial charge >= 0.3 is 0 Å². The van der Waals surface area contributed by atoms with Crippen LogP contribution in [0.1, 0.15) is 15.9 Å². The van der Waals surface area contributed by atoms with Crippen molar-refractivity contribution in [3.8, 4) is 0 Å². The third-order valence-corrected chi connectivity index (χ3v) is 6.16. The van der Waals surface area contributed by atoms with Crippen molar-refractivity contribution in [2.75, 3.05) is 31.6 Å². The molecule has 0 unspecified atom stereocenters. The number of halogens is 2. The molecule has 2 aromatic rings. The second kappa shape index (κ2) is 7.71. The molecule has 1 aliphatic heterocycles. The molecule has 0 radical (unpaired) electrons. The Morgan fingerprint density at radius 3 is 2.37 bits per heavy atom. The van der Waals surface area contributed by atoms with Gasteiger partial charge in [-0.25, -0.2) is 17.2 Å². The molecule has 144 valence electrons. The van der Waals surface area contributed by atoms with Crippen LogP contribution in [0.4, 0.5) is 14.5 Å². The normalized spacial score (nSPS) is 15.5. The Balaban J connectivity index is 1.92. The molecule has 0 aliphatic carbocycles. The van der Waals surface area contributed by atoms with Crippen LogP contribution in [0.3, 0.4) is 0 Å². The zero-order valence-electron chi connectivity index (χ0n) is 14.5. The number of nitrogens with zero attached hydrogens (tertiary/aromatic N) is 1. The van der Waals surface area contributed by atoms with E-state index >= 15 is 0 Å². The Kier molecular flexibility index (Phi) is 5.54. The fourth-order valence-corrected chi connectivity index (χ4v) is 4.18. The first-order chi connectivity index (χ1) is 12.8. The third kappa shape index (κ3) is 4.00. The zero-order chi connectivity index (χ0) is 19.6. The minimum absolute atomic E-state index is 0.0204. The maximum Gasteiger partial charge on any atom is 0.256 e. The van der Waals surface area contributed by atoms with E-state index in [1.165, 1.54) is 28.6 Å². The molecule has 0 saturated carbocycles. The van der Waals surface area contributed by atoms with Crippen LogP contribution in [0.25, 0.3) is 0 Å². The number of benzene rings is 2. The average Bonchev–Trinajstić information content (AvgIpc) is 2.65. The van der Waals surface area contributed by atoms with Gasteiger partial charge in [-0.2, -0.15) is 4.31 Å². The summed E-state index contributed by atoms with van der Waals surface area (Å²) >= 11 is 0. The van der Waals surface area contributed by atoms with Crippen molar-refractivity contribution in [3.05, 3.63) is 59.2 Å². The van der Waals surface area contributed by atoms with Crippen LogP contribution in [0.5, 0.6) is 0 Å². The van der Waals surface area contributed by atoms with Gasteiger partial charge in [0, 0.05) is 18.7 Å². The summed E-state index contributed by atoms with van der Waals surface area (Å²) in [5.41, 5.74) is -0.0829. The van der Waals surface area contributed by atoms with E-state index < -0.39 is 33.3 Å². The molecule has 3 rings (SSSR count). The van der Waals surface area contributed by atoms with Crippen molar-refractivity contribution in [2.24, 2.45) is 0 Å². The second-order valence-electron chi connectivity index (χ2n) is 6.04. The highest BCUT2D eigenvalue weighted by Gasteiger charge is 2.27. The van der Waals surface area contributed by atoms with E-state index in [0.29, 0.717) is 18.8 Å². The number of carbonyl (C=O) groups is 1. The number of morpholine rings is 1. The molecule has 1 amide bonds. The lowest BCUT2D eigenvalue weighted by molar-refractivity contribution is 0.0730. The molecule has 0 bridgehead atoms. The van der Waals surface area contributed by atoms with Gasteiger partial charge in [0.25, 0.3) is 5.91 Å². The molecular weight excluding hydrogens is 378 g/mol. The third-order valence-electron chi connectivity index (χ3n) is 4.26. The summed E-state index contributed by atoms with van der Waals surface area (Å²) in [6.07, 6.45) is 0. The molecule has 1 N–H and O–H groups in total. The first-order valence-electron chi connectivity index (χ1n) is 8.24. The summed E-state index contributed by atoms with van der Waals surface area (Å²) in [7, 11) is -3.80. The van der Waals surface area contributed by atoms with Crippen molar-refractivity contribution in [2.45, 2.75) is 11.8 Å². The van der Waals surface area contributed by atoms with Gasteiger partial charge in [-0.05, 0) is 36.8 Å². The van der Waals surface area contributed by atoms with Gasteiger partial charge < -0.3 is 10.1 Å². The van der Waals surface area contributed by atoms with Gasteiger partial charge in [0.2, 0.25) is 10.0 Å². The average molecular weight is 396 g/mol. The molecule has 1 saturated heterocycles. The van der Waals surface area contributed by atoms with E-state index in [1.807, 2.05) is 0 Å². The predicted octanol–water partition coefficient (Wildman–Crippen LogP) is 2.55. The van der Waals surface area contributed by atoms with E-state index in [-0.39, 0.29) is 23.5 Å². The summed E-state index contributed by atoms with van der Waals surface area (Å²) in [6, 6.07) is 7.32. The number of ether oxygens (including phenoxy) is 1. The number of sulfonamides is 1. The number of nitrogens with one attached hydrogen (secondary N) is 1. The number of para-hydroxylation sites is 1. The lowest BCUT2D eigenvalue weighted by atomic mass is 10.1. The number of amides is 1. The topological polar surface area (TPSA) is 75.7 Å². The smallest absolute Gasteiger partial charge is 0.256 e. The van der Waals surface area contributed by atoms with Crippen LogP contribution < -0.4 is 5.32 Å². The van der Waals surface area contributed by atoms with Gasteiger partial charge in [0.1, 0.15) is 17.3 Å². The molecular formula is C18H18F2N2O4S. The quantitative estimate of drug-likeness (QED) is 0.862. The molecule has 0 spiro atoms. The molecule has 6 nitrogen and oxygen atoms in total. The maximum atomic E-state index is 13.8. The summed E-state index contributed by atoms with van der Waals surface area (Å²) < 4.78 is 59.5. The van der Waals surface area contributed by atoms with Crippen LogP contribution in [0, 0.1) is 18.6 Å². The van der Waals surface area contributed by atoms with Gasteiger partial charge in [0.05, 0.1) is 18.1 Å². The number of rotatable bonds is 4. The van der Waals surface area contributed by atoms with Gasteiger partial charge in [-0.3, -0.25) is 4.79 Å².